The van der Waals surface area contributed by atoms with Crippen LogP contribution in [0.4, 0.5) is 0 Å². The zero-order chi connectivity index (χ0) is 29.0. The summed E-state index contributed by atoms with van der Waals surface area (Å²) in [6.07, 6.45) is 8.47. The summed E-state index contributed by atoms with van der Waals surface area (Å²) >= 11 is -2.13. The van der Waals surface area contributed by atoms with Gasteiger partial charge in [-0.15, -0.1) is 0 Å². The van der Waals surface area contributed by atoms with E-state index in [4.69, 9.17) is 0 Å². The third-order valence-corrected chi connectivity index (χ3v) is 5.34. The smallest absolute Gasteiger partial charge is 0.253 e. The van der Waals surface area contributed by atoms with Crippen molar-refractivity contribution in [3.05, 3.63) is 71.8 Å². The summed E-state index contributed by atoms with van der Waals surface area (Å²) in [5.74, 6) is 0.666. The van der Waals surface area contributed by atoms with Crippen molar-refractivity contribution in [3.63, 3.8) is 0 Å². The van der Waals surface area contributed by atoms with Crippen LogP contribution in [0.1, 0.15) is 85.2 Å². The number of carbonyl (C=O) groups excluding carboxylic acids is 1. The van der Waals surface area contributed by atoms with Gasteiger partial charge in [-0.05, 0) is 37.7 Å². The highest BCUT2D eigenvalue weighted by molar-refractivity contribution is 7.77. The van der Waals surface area contributed by atoms with Crippen LogP contribution in [0, 0.1) is 19.3 Å². The number of nitrogens with one attached hydrogen (secondary N) is 2. The molecule has 8 heteroatoms. The summed E-state index contributed by atoms with van der Waals surface area (Å²) in [6, 6.07) is 8.14. The number of aromatic nitrogens is 2. The van der Waals surface area contributed by atoms with Gasteiger partial charge in [-0.25, -0.2) is 9.71 Å². The van der Waals surface area contributed by atoms with Gasteiger partial charge in [0.25, 0.3) is 5.91 Å². The zero-order valence-corrected chi connectivity index (χ0v) is 25.4. The largest absolute Gasteiger partial charge is 0.760 e. The number of imidazole rings is 1. The van der Waals surface area contributed by atoms with Crippen LogP contribution >= 0.6 is 0 Å². The predicted molar refractivity (Wildman–Crippen MR) is 157 cm³/mol. The van der Waals surface area contributed by atoms with Gasteiger partial charge in [0.1, 0.15) is 5.82 Å². The van der Waals surface area contributed by atoms with Gasteiger partial charge in [-0.2, -0.15) is 0 Å². The van der Waals surface area contributed by atoms with Crippen LogP contribution in [0.25, 0.3) is 6.20 Å². The van der Waals surface area contributed by atoms with E-state index in [9.17, 15) is 13.6 Å². The third kappa shape index (κ3) is 17.5. The summed E-state index contributed by atoms with van der Waals surface area (Å²) in [5, 5.41) is 2.89. The minimum Gasteiger partial charge on any atom is -0.760 e. The fourth-order valence-corrected chi connectivity index (χ4v) is 3.54. The molecule has 0 aliphatic heterocycles. The molecule has 2 aromatic rings. The van der Waals surface area contributed by atoms with Crippen molar-refractivity contribution < 1.29 is 13.6 Å². The molecule has 2 N–H and O–H groups in total. The van der Waals surface area contributed by atoms with Gasteiger partial charge in [0.15, 0.2) is 0 Å². The molecule has 2 atom stereocenters. The molecule has 0 aliphatic rings. The van der Waals surface area contributed by atoms with E-state index in [1.54, 1.807) is 29.2 Å². The average Bonchev–Trinajstić information content (AvgIpc) is 3.27. The molecular weight excluding hydrogens is 484 g/mol. The van der Waals surface area contributed by atoms with Gasteiger partial charge in [0.05, 0.1) is 5.57 Å². The minimum atomic E-state index is -2.13. The Morgan fingerprint density at radius 2 is 1.73 bits per heavy atom. The van der Waals surface area contributed by atoms with Gasteiger partial charge in [0.2, 0.25) is 0 Å². The summed E-state index contributed by atoms with van der Waals surface area (Å²) < 4.78 is 25.0. The van der Waals surface area contributed by atoms with Crippen LogP contribution in [0.15, 0.2) is 54.9 Å². The van der Waals surface area contributed by atoms with Crippen LogP contribution < -0.4 is 10.0 Å². The molecule has 0 spiro atoms. The van der Waals surface area contributed by atoms with E-state index in [-0.39, 0.29) is 17.4 Å². The number of rotatable bonds is 9. The van der Waals surface area contributed by atoms with Crippen molar-refractivity contribution in [1.29, 1.82) is 0 Å². The van der Waals surface area contributed by atoms with Gasteiger partial charge >= 0.3 is 0 Å². The number of hydrogen-bond donors (Lipinski definition) is 2. The molecule has 37 heavy (non-hydrogen) atoms. The second-order valence-electron chi connectivity index (χ2n) is 9.06. The predicted octanol–water partition coefficient (Wildman–Crippen LogP) is 6.48. The summed E-state index contributed by atoms with van der Waals surface area (Å²) in [6.45, 7) is 24.4. The molecule has 0 bridgehead atoms. The molecular formula is C29H49N4O3S-. The normalized spacial score (nSPS) is 12.4. The number of amides is 1. The maximum atomic E-state index is 12.2. The van der Waals surface area contributed by atoms with Crippen molar-refractivity contribution >= 4 is 23.4 Å². The molecule has 0 aliphatic carbocycles. The van der Waals surface area contributed by atoms with E-state index in [1.807, 2.05) is 72.7 Å². The van der Waals surface area contributed by atoms with Crippen LogP contribution in [0.2, 0.25) is 0 Å². The highest BCUT2D eigenvalue weighted by Crippen LogP contribution is 2.21. The molecule has 1 heterocycles. The summed E-state index contributed by atoms with van der Waals surface area (Å²) in [7, 11) is 0. The Labute approximate surface area is 228 Å². The number of hydrogen-bond acceptors (Lipinski definition) is 4. The molecule has 2 rings (SSSR count). The lowest BCUT2D eigenvalue weighted by Gasteiger charge is -2.26. The first kappa shape index (κ1) is 36.6. The molecule has 1 aromatic carbocycles. The fraction of sp³-hybridized carbons (Fsp3) is 0.517. The Hall–Kier alpha value is -2.55. The van der Waals surface area contributed by atoms with Crippen molar-refractivity contribution in [3.8, 4) is 0 Å². The van der Waals surface area contributed by atoms with Crippen LogP contribution in [-0.4, -0.2) is 30.3 Å². The maximum absolute atomic E-state index is 12.2. The number of aryl methyl sites for hydroxylation is 2. The Kier molecular flexibility index (Phi) is 20.3. The van der Waals surface area contributed by atoms with Crippen LogP contribution in [0.3, 0.4) is 0 Å². The molecule has 2 unspecified atom stereocenters. The number of benzene rings is 1. The molecule has 1 aromatic heterocycles. The second kappa shape index (κ2) is 20.5. The molecule has 0 saturated heterocycles. The van der Waals surface area contributed by atoms with E-state index in [1.165, 1.54) is 5.56 Å². The van der Waals surface area contributed by atoms with E-state index in [2.05, 4.69) is 42.4 Å². The highest BCUT2D eigenvalue weighted by Gasteiger charge is 2.16. The number of nitrogens with zero attached hydrogens (tertiary/aromatic N) is 2. The van der Waals surface area contributed by atoms with Gasteiger partial charge in [-0.3, -0.25) is 9.00 Å². The topological polar surface area (TPSA) is 99.1 Å². The monoisotopic (exact) mass is 533 g/mol. The summed E-state index contributed by atoms with van der Waals surface area (Å²) in [5.41, 5.74) is 2.94. The molecule has 0 radical (unpaired) electrons. The van der Waals surface area contributed by atoms with Gasteiger partial charge in [0, 0.05) is 42.4 Å². The van der Waals surface area contributed by atoms with Crippen molar-refractivity contribution in [2.45, 2.75) is 94.7 Å². The van der Waals surface area contributed by atoms with E-state index in [0.29, 0.717) is 12.1 Å². The van der Waals surface area contributed by atoms with Gasteiger partial charge < -0.3 is 14.4 Å². The summed E-state index contributed by atoms with van der Waals surface area (Å²) in [4.78, 5) is 16.3. The molecule has 0 fully saturated rings. The standard InChI is InChI=1S/C17H19N3O.C8H19NO2S.2C2H6/c1-4-16(12-20-10-9-18-14(20)3)17(21)19-11-15-7-5-13(2)6-8-15;1-5-7(9-12(10)11)6-8(2,3)4;2*1-2/h4-10,12H,1,11H2,2-3H3,(H,19,21);7,9H,5-6H2,1-4H3,(H,10,11);2*1-2H3/p-1/b16-12+;;;. The van der Waals surface area contributed by atoms with Crippen molar-refractivity contribution in [2.75, 3.05) is 0 Å². The lowest BCUT2D eigenvalue weighted by atomic mass is 9.88. The first-order valence-corrected chi connectivity index (χ1v) is 14.1. The lowest BCUT2D eigenvalue weighted by Crippen LogP contribution is -2.33. The Balaban J connectivity index is 0. The minimum absolute atomic E-state index is 0.0725. The zero-order valence-electron chi connectivity index (χ0n) is 24.6. The SMILES string of the molecule is C=C/C(=C\n1ccnc1C)C(=O)NCc1ccc(C)cc1.CC.CC.CCC(CC(C)(C)C)NS(=O)[O-]. The molecule has 7 nitrogen and oxygen atoms in total. The van der Waals surface area contributed by atoms with Crippen LogP contribution in [0.5, 0.6) is 0 Å². The van der Waals surface area contributed by atoms with E-state index >= 15 is 0 Å². The quantitative estimate of drug-likeness (QED) is 0.219. The average molecular weight is 534 g/mol. The van der Waals surface area contributed by atoms with E-state index < -0.39 is 11.3 Å². The highest BCUT2D eigenvalue weighted by atomic mass is 32.2. The molecule has 0 saturated carbocycles. The lowest BCUT2D eigenvalue weighted by molar-refractivity contribution is -0.117. The Morgan fingerprint density at radius 1 is 1.16 bits per heavy atom. The Bertz CT molecular complexity index is 945. The van der Waals surface area contributed by atoms with Gasteiger partial charge in [-0.1, -0.05) is 97.9 Å². The maximum Gasteiger partial charge on any atom is 0.253 e. The molecule has 210 valence electrons. The van der Waals surface area contributed by atoms with Crippen LogP contribution in [-0.2, 0) is 22.6 Å². The van der Waals surface area contributed by atoms with Crippen molar-refractivity contribution in [2.24, 2.45) is 5.41 Å². The Morgan fingerprint density at radius 3 is 2.14 bits per heavy atom. The number of carbonyl (C=O) groups is 1. The third-order valence-electron chi connectivity index (χ3n) is 4.81. The molecule has 1 amide bonds. The first-order valence-electron chi connectivity index (χ1n) is 13.0. The van der Waals surface area contributed by atoms with E-state index in [0.717, 1.165) is 24.2 Å². The van der Waals surface area contributed by atoms with Crippen molar-refractivity contribution in [1.82, 2.24) is 19.6 Å². The second-order valence-corrected chi connectivity index (χ2v) is 9.77. The first-order chi connectivity index (χ1) is 17.4. The fourth-order valence-electron chi connectivity index (χ4n) is 3.01.